The van der Waals surface area contributed by atoms with Crippen LogP contribution in [0.25, 0.3) is 22.4 Å². The molecule has 0 atom stereocenters. The number of nitrogens with zero attached hydrogens (tertiary/aromatic N) is 4. The largest absolute Gasteiger partial charge is 0.323 e. The van der Waals surface area contributed by atoms with E-state index < -0.39 is 0 Å². The standard InChI is InChI=1S/C19H14ClN5O/c20-17-6-5-14(11-22-17)23-18(26)12-25-16-4-2-1-3-15(16)24-19(25)13-7-9-21-10-8-13/h1-11H,12H2,(H,23,26). The molecule has 4 aromatic rings. The number of carbonyl (C=O) groups excluding carboxylic acids is 1. The Labute approximate surface area is 154 Å². The van der Waals surface area contributed by atoms with Crippen LogP contribution >= 0.6 is 11.6 Å². The van der Waals surface area contributed by atoms with E-state index in [-0.39, 0.29) is 12.5 Å². The first-order chi connectivity index (χ1) is 12.7. The second-order valence-electron chi connectivity index (χ2n) is 5.66. The van der Waals surface area contributed by atoms with E-state index in [0.29, 0.717) is 10.8 Å². The quantitative estimate of drug-likeness (QED) is 0.560. The highest BCUT2D eigenvalue weighted by molar-refractivity contribution is 6.29. The predicted molar refractivity (Wildman–Crippen MR) is 101 cm³/mol. The first-order valence-electron chi connectivity index (χ1n) is 7.98. The van der Waals surface area contributed by atoms with E-state index in [1.54, 1.807) is 24.5 Å². The fraction of sp³-hybridized carbons (Fsp3) is 0.0526. The van der Waals surface area contributed by atoms with Crippen molar-refractivity contribution in [3.05, 3.63) is 72.3 Å². The molecular weight excluding hydrogens is 350 g/mol. The summed E-state index contributed by atoms with van der Waals surface area (Å²) in [6.07, 6.45) is 4.94. The topological polar surface area (TPSA) is 72.7 Å². The van der Waals surface area contributed by atoms with Crippen LogP contribution in [0.3, 0.4) is 0 Å². The van der Waals surface area contributed by atoms with Gasteiger partial charge in [-0.1, -0.05) is 23.7 Å². The Morgan fingerprint density at radius 3 is 2.65 bits per heavy atom. The molecule has 0 saturated carbocycles. The Bertz CT molecular complexity index is 1060. The van der Waals surface area contributed by atoms with Crippen LogP contribution in [-0.4, -0.2) is 25.4 Å². The van der Waals surface area contributed by atoms with Gasteiger partial charge in [0.15, 0.2) is 0 Å². The lowest BCUT2D eigenvalue weighted by Gasteiger charge is -2.10. The number of pyridine rings is 2. The number of halogens is 1. The summed E-state index contributed by atoms with van der Waals surface area (Å²) < 4.78 is 1.89. The summed E-state index contributed by atoms with van der Waals surface area (Å²) in [5.74, 6) is 0.547. The predicted octanol–water partition coefficient (Wildman–Crippen LogP) is 3.79. The van der Waals surface area contributed by atoms with Gasteiger partial charge in [-0.15, -0.1) is 0 Å². The molecule has 0 fully saturated rings. The fourth-order valence-electron chi connectivity index (χ4n) is 2.75. The minimum absolute atomic E-state index is 0.126. The summed E-state index contributed by atoms with van der Waals surface area (Å²) in [5, 5.41) is 3.21. The number of fused-ring (bicyclic) bond motifs is 1. The summed E-state index contributed by atoms with van der Waals surface area (Å²) in [7, 11) is 0. The molecule has 128 valence electrons. The third kappa shape index (κ3) is 3.27. The van der Waals surface area contributed by atoms with Crippen molar-refractivity contribution in [3.8, 4) is 11.4 Å². The van der Waals surface area contributed by atoms with Gasteiger partial charge in [0.05, 0.1) is 22.9 Å². The second kappa shape index (κ2) is 6.93. The zero-order valence-electron chi connectivity index (χ0n) is 13.6. The number of hydrogen-bond donors (Lipinski definition) is 1. The number of hydrogen-bond acceptors (Lipinski definition) is 4. The number of benzene rings is 1. The molecule has 0 radical (unpaired) electrons. The summed E-state index contributed by atoms with van der Waals surface area (Å²) in [5.41, 5.74) is 3.22. The van der Waals surface area contributed by atoms with Crippen molar-refractivity contribution in [2.24, 2.45) is 0 Å². The second-order valence-corrected chi connectivity index (χ2v) is 6.05. The summed E-state index contributed by atoms with van der Waals surface area (Å²) in [4.78, 5) is 25.3. The van der Waals surface area contributed by atoms with Crippen molar-refractivity contribution in [3.63, 3.8) is 0 Å². The Hall–Kier alpha value is -3.25. The summed E-state index contributed by atoms with van der Waals surface area (Å²) in [6.45, 7) is 0.126. The molecule has 0 aliphatic rings. The molecular formula is C19H14ClN5O. The van der Waals surface area contributed by atoms with Crippen molar-refractivity contribution in [1.29, 1.82) is 0 Å². The van der Waals surface area contributed by atoms with E-state index in [9.17, 15) is 4.79 Å². The van der Waals surface area contributed by atoms with Crippen LogP contribution < -0.4 is 5.32 Å². The molecule has 3 aromatic heterocycles. The maximum atomic E-state index is 12.6. The Kier molecular flexibility index (Phi) is 4.33. The molecule has 0 aliphatic carbocycles. The highest BCUT2D eigenvalue weighted by Gasteiger charge is 2.15. The number of carbonyl (C=O) groups is 1. The maximum Gasteiger partial charge on any atom is 0.244 e. The minimum Gasteiger partial charge on any atom is -0.323 e. The number of anilines is 1. The average molecular weight is 364 g/mol. The molecule has 1 amide bonds. The number of amides is 1. The fourth-order valence-corrected chi connectivity index (χ4v) is 2.86. The number of para-hydroxylation sites is 2. The molecule has 0 spiro atoms. The van der Waals surface area contributed by atoms with Gasteiger partial charge in [0.2, 0.25) is 5.91 Å². The van der Waals surface area contributed by atoms with Gasteiger partial charge in [0, 0.05) is 18.0 Å². The van der Waals surface area contributed by atoms with Crippen LogP contribution in [0.4, 0.5) is 5.69 Å². The van der Waals surface area contributed by atoms with Crippen molar-refractivity contribution in [2.75, 3.05) is 5.32 Å². The molecule has 26 heavy (non-hydrogen) atoms. The lowest BCUT2D eigenvalue weighted by atomic mass is 10.2. The highest BCUT2D eigenvalue weighted by atomic mass is 35.5. The maximum absolute atomic E-state index is 12.6. The van der Waals surface area contributed by atoms with Crippen molar-refractivity contribution >= 4 is 34.2 Å². The van der Waals surface area contributed by atoms with Crippen LogP contribution in [0.5, 0.6) is 0 Å². The monoisotopic (exact) mass is 363 g/mol. The van der Waals surface area contributed by atoms with Gasteiger partial charge in [-0.2, -0.15) is 0 Å². The first kappa shape index (κ1) is 16.2. The third-order valence-electron chi connectivity index (χ3n) is 3.91. The SMILES string of the molecule is O=C(Cn1c(-c2ccncc2)nc2ccccc21)Nc1ccc(Cl)nc1. The van der Waals surface area contributed by atoms with Crippen LogP contribution in [0.15, 0.2) is 67.1 Å². The summed E-state index contributed by atoms with van der Waals surface area (Å²) in [6, 6.07) is 14.8. The lowest BCUT2D eigenvalue weighted by Crippen LogP contribution is -2.19. The van der Waals surface area contributed by atoms with E-state index in [1.807, 2.05) is 41.0 Å². The summed E-state index contributed by atoms with van der Waals surface area (Å²) >= 11 is 5.78. The molecule has 6 nitrogen and oxygen atoms in total. The number of aromatic nitrogens is 4. The Morgan fingerprint density at radius 2 is 1.88 bits per heavy atom. The average Bonchev–Trinajstić information content (AvgIpc) is 3.03. The van der Waals surface area contributed by atoms with Crippen molar-refractivity contribution < 1.29 is 4.79 Å². The molecule has 1 N–H and O–H groups in total. The van der Waals surface area contributed by atoms with Gasteiger partial charge in [-0.3, -0.25) is 9.78 Å². The zero-order valence-corrected chi connectivity index (χ0v) is 14.4. The van der Waals surface area contributed by atoms with Gasteiger partial charge in [-0.25, -0.2) is 9.97 Å². The van der Waals surface area contributed by atoms with Crippen LogP contribution in [0.2, 0.25) is 5.15 Å². The lowest BCUT2D eigenvalue weighted by molar-refractivity contribution is -0.116. The highest BCUT2D eigenvalue weighted by Crippen LogP contribution is 2.24. The number of nitrogens with one attached hydrogen (secondary N) is 1. The molecule has 0 saturated heterocycles. The minimum atomic E-state index is -0.174. The van der Waals surface area contributed by atoms with Crippen molar-refractivity contribution in [1.82, 2.24) is 19.5 Å². The van der Waals surface area contributed by atoms with Gasteiger partial charge in [0.25, 0.3) is 0 Å². The van der Waals surface area contributed by atoms with Gasteiger partial charge >= 0.3 is 0 Å². The van der Waals surface area contributed by atoms with Crippen LogP contribution in [-0.2, 0) is 11.3 Å². The van der Waals surface area contributed by atoms with E-state index in [1.165, 1.54) is 6.20 Å². The zero-order chi connectivity index (χ0) is 17.9. The van der Waals surface area contributed by atoms with Crippen LogP contribution in [0, 0.1) is 0 Å². The molecule has 0 unspecified atom stereocenters. The molecule has 0 bridgehead atoms. The Morgan fingerprint density at radius 1 is 1.08 bits per heavy atom. The molecule has 3 heterocycles. The number of rotatable bonds is 4. The van der Waals surface area contributed by atoms with Gasteiger partial charge in [0.1, 0.15) is 17.5 Å². The van der Waals surface area contributed by atoms with Gasteiger partial charge < -0.3 is 9.88 Å². The normalized spacial score (nSPS) is 10.8. The molecule has 4 rings (SSSR count). The molecule has 7 heteroatoms. The molecule has 0 aliphatic heterocycles. The van der Waals surface area contributed by atoms with E-state index in [2.05, 4.69) is 20.3 Å². The van der Waals surface area contributed by atoms with Crippen LogP contribution in [0.1, 0.15) is 0 Å². The smallest absolute Gasteiger partial charge is 0.244 e. The van der Waals surface area contributed by atoms with E-state index in [0.717, 1.165) is 22.4 Å². The van der Waals surface area contributed by atoms with E-state index >= 15 is 0 Å². The third-order valence-corrected chi connectivity index (χ3v) is 4.13. The molecule has 1 aromatic carbocycles. The Balaban J connectivity index is 1.68. The first-order valence-corrected chi connectivity index (χ1v) is 8.35. The van der Waals surface area contributed by atoms with Crippen molar-refractivity contribution in [2.45, 2.75) is 6.54 Å². The van der Waals surface area contributed by atoms with E-state index in [4.69, 9.17) is 11.6 Å². The number of imidazole rings is 1. The van der Waals surface area contributed by atoms with Gasteiger partial charge in [-0.05, 0) is 36.4 Å².